The summed E-state index contributed by atoms with van der Waals surface area (Å²) in [7, 11) is 0. The van der Waals surface area contributed by atoms with Crippen molar-refractivity contribution in [3.8, 4) is 0 Å². The highest BCUT2D eigenvalue weighted by Gasteiger charge is 2.41. The molecule has 1 heterocycles. The van der Waals surface area contributed by atoms with E-state index in [0.717, 1.165) is 13.1 Å². The number of aliphatic hydroxyl groups is 1. The van der Waals surface area contributed by atoms with Crippen LogP contribution in [0.15, 0.2) is 24.3 Å². The molecule has 0 aromatic heterocycles. The van der Waals surface area contributed by atoms with Crippen LogP contribution in [0.25, 0.3) is 0 Å². The van der Waals surface area contributed by atoms with Crippen molar-refractivity contribution < 1.29 is 5.11 Å². The largest absolute Gasteiger partial charge is 0.379 e. The molecule has 0 amide bonds. The third kappa shape index (κ3) is 1.80. The lowest BCUT2D eigenvalue weighted by Crippen LogP contribution is -2.45. The monoisotopic (exact) mass is 231 g/mol. The summed E-state index contributed by atoms with van der Waals surface area (Å²) in [5.74, 6) is 0. The summed E-state index contributed by atoms with van der Waals surface area (Å²) in [6.07, 6.45) is 4.67. The van der Waals surface area contributed by atoms with Crippen LogP contribution >= 0.6 is 0 Å². The highest BCUT2D eigenvalue weighted by Crippen LogP contribution is 2.46. The first-order chi connectivity index (χ1) is 8.21. The molecule has 92 valence electrons. The second-order valence-corrected chi connectivity index (χ2v) is 5.61. The van der Waals surface area contributed by atoms with Gasteiger partial charge in [0.2, 0.25) is 0 Å². The maximum Gasteiger partial charge on any atom is 0.104 e. The van der Waals surface area contributed by atoms with Gasteiger partial charge in [0.25, 0.3) is 0 Å². The molecule has 3 rings (SSSR count). The summed E-state index contributed by atoms with van der Waals surface area (Å²) in [5.41, 5.74) is 3.56. The van der Waals surface area contributed by atoms with E-state index in [2.05, 4.69) is 29.2 Å². The smallest absolute Gasteiger partial charge is 0.104 e. The number of hydrogen-bond acceptors (Lipinski definition) is 2. The molecule has 0 radical (unpaired) electrons. The van der Waals surface area contributed by atoms with E-state index in [-0.39, 0.29) is 6.23 Å². The molecule has 1 aliphatic carbocycles. The molecule has 1 aromatic carbocycles. The highest BCUT2D eigenvalue weighted by atomic mass is 16.3. The first kappa shape index (κ1) is 11.2. The molecule has 0 saturated carbocycles. The number of aryl methyl sites for hydroxylation is 1. The summed E-state index contributed by atoms with van der Waals surface area (Å²) in [4.78, 5) is 2.19. The highest BCUT2D eigenvalue weighted by molar-refractivity contribution is 5.39. The maximum absolute atomic E-state index is 9.63. The average Bonchev–Trinajstić information content (AvgIpc) is 2.70. The molecule has 1 N–H and O–H groups in total. The predicted molar refractivity (Wildman–Crippen MR) is 68.9 cm³/mol. The molecule has 1 aliphatic heterocycles. The number of likely N-dealkylation sites (tertiary alicyclic amines) is 1. The van der Waals surface area contributed by atoms with Crippen molar-refractivity contribution in [3.05, 3.63) is 35.4 Å². The van der Waals surface area contributed by atoms with Gasteiger partial charge in [0.15, 0.2) is 0 Å². The Balaban J connectivity index is 1.82. The van der Waals surface area contributed by atoms with Crippen molar-refractivity contribution >= 4 is 0 Å². The van der Waals surface area contributed by atoms with Crippen molar-refractivity contribution in [1.29, 1.82) is 0 Å². The van der Waals surface area contributed by atoms with Crippen LogP contribution in [0.4, 0.5) is 0 Å². The maximum atomic E-state index is 9.63. The van der Waals surface area contributed by atoms with E-state index in [1.54, 1.807) is 11.1 Å². The Bertz CT molecular complexity index is 405. The third-order valence-corrected chi connectivity index (χ3v) is 4.75. The van der Waals surface area contributed by atoms with E-state index in [9.17, 15) is 5.11 Å². The van der Waals surface area contributed by atoms with Crippen LogP contribution in [0, 0.1) is 0 Å². The van der Waals surface area contributed by atoms with Crippen LogP contribution in [0.2, 0.25) is 0 Å². The Morgan fingerprint density at radius 1 is 1.18 bits per heavy atom. The third-order valence-electron chi connectivity index (χ3n) is 4.75. The molecule has 1 atom stereocenters. The zero-order chi connectivity index (χ0) is 11.9. The van der Waals surface area contributed by atoms with Crippen molar-refractivity contribution in [2.75, 3.05) is 13.1 Å². The number of rotatable bonds is 1. The van der Waals surface area contributed by atoms with Gasteiger partial charge in [0.05, 0.1) is 0 Å². The average molecular weight is 231 g/mol. The van der Waals surface area contributed by atoms with E-state index in [0.29, 0.717) is 5.41 Å². The van der Waals surface area contributed by atoms with Crippen molar-refractivity contribution in [2.24, 2.45) is 0 Å². The summed E-state index contributed by atoms with van der Waals surface area (Å²) in [6.45, 7) is 3.94. The minimum absolute atomic E-state index is 0.288. The van der Waals surface area contributed by atoms with Crippen LogP contribution < -0.4 is 0 Å². The number of fused-ring (bicyclic) bond motifs is 2. The molecule has 17 heavy (non-hydrogen) atoms. The van der Waals surface area contributed by atoms with Crippen LogP contribution in [-0.4, -0.2) is 29.3 Å². The van der Waals surface area contributed by atoms with Gasteiger partial charge in [-0.1, -0.05) is 24.3 Å². The van der Waals surface area contributed by atoms with E-state index >= 15 is 0 Å². The fraction of sp³-hybridized carbons (Fsp3) is 0.600. The number of aliphatic hydroxyl groups excluding tert-OH is 1. The van der Waals surface area contributed by atoms with Gasteiger partial charge in [-0.3, -0.25) is 4.90 Å². The van der Waals surface area contributed by atoms with E-state index in [1.807, 2.05) is 6.92 Å². The zero-order valence-electron chi connectivity index (χ0n) is 10.5. The van der Waals surface area contributed by atoms with Crippen molar-refractivity contribution in [1.82, 2.24) is 4.90 Å². The van der Waals surface area contributed by atoms with Gasteiger partial charge in [-0.05, 0) is 49.1 Å². The summed E-state index contributed by atoms with van der Waals surface area (Å²) >= 11 is 0. The summed E-state index contributed by atoms with van der Waals surface area (Å²) in [6, 6.07) is 8.93. The van der Waals surface area contributed by atoms with Crippen LogP contribution in [0.1, 0.15) is 37.3 Å². The van der Waals surface area contributed by atoms with E-state index in [1.165, 1.54) is 25.7 Å². The normalized spacial score (nSPS) is 24.8. The first-order valence-electron chi connectivity index (χ1n) is 6.72. The number of piperidine rings is 1. The molecular formula is C15H21NO. The van der Waals surface area contributed by atoms with Crippen LogP contribution in [0.5, 0.6) is 0 Å². The lowest BCUT2D eigenvalue weighted by molar-refractivity contribution is -0.00870. The molecular weight excluding hydrogens is 210 g/mol. The predicted octanol–water partition coefficient (Wildman–Crippen LogP) is 2.30. The fourth-order valence-corrected chi connectivity index (χ4v) is 3.61. The Hall–Kier alpha value is -0.860. The zero-order valence-corrected chi connectivity index (χ0v) is 10.5. The second-order valence-electron chi connectivity index (χ2n) is 5.61. The van der Waals surface area contributed by atoms with Gasteiger partial charge < -0.3 is 5.11 Å². The summed E-state index contributed by atoms with van der Waals surface area (Å²) < 4.78 is 0. The molecule has 2 heteroatoms. The molecule has 1 unspecified atom stereocenters. The molecule has 2 aliphatic rings. The van der Waals surface area contributed by atoms with Gasteiger partial charge in [0.1, 0.15) is 6.23 Å². The SMILES string of the molecule is CC(O)N1CCC2(CCc3ccccc32)CC1. The topological polar surface area (TPSA) is 23.5 Å². The van der Waals surface area contributed by atoms with Crippen molar-refractivity contribution in [3.63, 3.8) is 0 Å². The Kier molecular flexibility index (Phi) is 2.72. The second kappa shape index (κ2) is 4.11. The molecule has 1 fully saturated rings. The number of nitrogens with zero attached hydrogens (tertiary/aromatic N) is 1. The number of benzene rings is 1. The van der Waals surface area contributed by atoms with Crippen molar-refractivity contribution in [2.45, 2.75) is 44.2 Å². The molecule has 1 aromatic rings. The van der Waals surface area contributed by atoms with Gasteiger partial charge in [-0.15, -0.1) is 0 Å². The molecule has 0 bridgehead atoms. The lowest BCUT2D eigenvalue weighted by atomic mass is 9.74. The minimum atomic E-state index is -0.288. The molecule has 1 saturated heterocycles. The first-order valence-corrected chi connectivity index (χ1v) is 6.72. The number of hydrogen-bond donors (Lipinski definition) is 1. The quantitative estimate of drug-likeness (QED) is 0.801. The van der Waals surface area contributed by atoms with Crippen LogP contribution in [-0.2, 0) is 11.8 Å². The fourth-order valence-electron chi connectivity index (χ4n) is 3.61. The minimum Gasteiger partial charge on any atom is -0.379 e. The molecule has 1 spiro atoms. The van der Waals surface area contributed by atoms with E-state index < -0.39 is 0 Å². The van der Waals surface area contributed by atoms with Gasteiger partial charge in [0, 0.05) is 13.1 Å². The Morgan fingerprint density at radius 3 is 2.59 bits per heavy atom. The Labute approximate surface area is 103 Å². The Morgan fingerprint density at radius 2 is 1.88 bits per heavy atom. The van der Waals surface area contributed by atoms with Gasteiger partial charge in [-0.25, -0.2) is 0 Å². The van der Waals surface area contributed by atoms with Gasteiger partial charge >= 0.3 is 0 Å². The molecule has 2 nitrogen and oxygen atoms in total. The van der Waals surface area contributed by atoms with E-state index in [4.69, 9.17) is 0 Å². The van der Waals surface area contributed by atoms with Gasteiger partial charge in [-0.2, -0.15) is 0 Å². The van der Waals surface area contributed by atoms with Crippen LogP contribution in [0.3, 0.4) is 0 Å². The summed E-state index contributed by atoms with van der Waals surface area (Å²) in [5, 5.41) is 9.63. The standard InChI is InChI=1S/C15H21NO/c1-12(17)16-10-8-15(9-11-16)7-6-13-4-2-3-5-14(13)15/h2-5,12,17H,6-11H2,1H3. The lowest BCUT2D eigenvalue weighted by Gasteiger charge is -2.41.